The first-order valence-corrected chi connectivity index (χ1v) is 12.1. The maximum Gasteiger partial charge on any atom is 1.00 e. The molecule has 1 unspecified atom stereocenters. The third-order valence-corrected chi connectivity index (χ3v) is 5.61. The van der Waals surface area contributed by atoms with Gasteiger partial charge in [-0.2, -0.15) is 0 Å². The molecule has 152 valence electrons. The van der Waals surface area contributed by atoms with Crippen LogP contribution in [0.15, 0.2) is 0 Å². The molecule has 0 spiro atoms. The van der Waals surface area contributed by atoms with E-state index in [9.17, 15) is 18.1 Å². The van der Waals surface area contributed by atoms with Gasteiger partial charge in [0.25, 0.3) is 0 Å². The monoisotopic (exact) mass is 400 g/mol. The van der Waals surface area contributed by atoms with Crippen LogP contribution < -0.4 is 29.6 Å². The van der Waals surface area contributed by atoms with E-state index in [1.54, 1.807) is 0 Å². The molecule has 1 atom stereocenters. The Morgan fingerprint density at radius 3 is 1.42 bits per heavy atom. The second-order valence-corrected chi connectivity index (χ2v) is 8.97. The van der Waals surface area contributed by atoms with Crippen LogP contribution in [-0.4, -0.2) is 29.9 Å². The van der Waals surface area contributed by atoms with E-state index in [0.29, 0.717) is 6.42 Å². The molecule has 0 aliphatic carbocycles. The normalized spacial score (nSPS) is 12.7. The summed E-state index contributed by atoms with van der Waals surface area (Å²) in [7, 11) is -4.01. The van der Waals surface area contributed by atoms with Crippen molar-refractivity contribution in [3.8, 4) is 0 Å². The van der Waals surface area contributed by atoms with Crippen molar-refractivity contribution in [1.29, 1.82) is 0 Å². The number of hydrogen-bond donors (Lipinski definition) is 1. The third-order valence-electron chi connectivity index (χ3n) is 4.82. The molecular formula is C20H41NaO4S. The summed E-state index contributed by atoms with van der Waals surface area (Å²) in [6.45, 7) is 2.19. The van der Waals surface area contributed by atoms with Crippen LogP contribution in [0.25, 0.3) is 0 Å². The van der Waals surface area contributed by atoms with Crippen molar-refractivity contribution in [1.82, 2.24) is 0 Å². The fourth-order valence-electron chi connectivity index (χ4n) is 3.20. The zero-order chi connectivity index (χ0) is 18.8. The van der Waals surface area contributed by atoms with Gasteiger partial charge < -0.3 is 9.66 Å². The summed E-state index contributed by atoms with van der Waals surface area (Å²) in [4.78, 5) is 0. The van der Waals surface area contributed by atoms with Crippen LogP contribution >= 0.6 is 0 Å². The fraction of sp³-hybridized carbons (Fsp3) is 1.00. The zero-order valence-electron chi connectivity index (χ0n) is 17.4. The van der Waals surface area contributed by atoms with Crippen LogP contribution in [-0.2, 0) is 10.1 Å². The summed E-state index contributed by atoms with van der Waals surface area (Å²) in [5.74, 6) is -0.206. The minimum Gasteiger partial charge on any atom is -0.748 e. The first-order valence-electron chi connectivity index (χ1n) is 10.6. The zero-order valence-corrected chi connectivity index (χ0v) is 20.2. The number of aliphatic hydroxyl groups excluding tert-OH is 1. The Labute approximate surface area is 185 Å². The van der Waals surface area contributed by atoms with Crippen LogP contribution in [0.1, 0.15) is 116 Å². The molecule has 0 rings (SSSR count). The second-order valence-electron chi connectivity index (χ2n) is 7.44. The molecule has 0 heterocycles. The van der Waals surface area contributed by atoms with E-state index in [-0.39, 0.29) is 41.4 Å². The largest absolute Gasteiger partial charge is 1.00 e. The predicted octanol–water partition coefficient (Wildman–Crippen LogP) is 2.55. The fourth-order valence-corrected chi connectivity index (χ4v) is 3.76. The average molecular weight is 401 g/mol. The Kier molecular flexibility index (Phi) is 23.0. The van der Waals surface area contributed by atoms with Crippen molar-refractivity contribution in [2.24, 2.45) is 0 Å². The van der Waals surface area contributed by atoms with Crippen LogP contribution in [0.3, 0.4) is 0 Å². The Morgan fingerprint density at radius 2 is 1.04 bits per heavy atom. The van der Waals surface area contributed by atoms with E-state index < -0.39 is 10.1 Å². The van der Waals surface area contributed by atoms with Gasteiger partial charge in [0.15, 0.2) is 0 Å². The van der Waals surface area contributed by atoms with Crippen LogP contribution in [0.2, 0.25) is 0 Å². The summed E-state index contributed by atoms with van der Waals surface area (Å²) in [5, 5.41) is 9.85. The van der Waals surface area contributed by atoms with Gasteiger partial charge in [-0.05, 0) is 19.3 Å². The van der Waals surface area contributed by atoms with Gasteiger partial charge in [0, 0.05) is 5.75 Å². The summed E-state index contributed by atoms with van der Waals surface area (Å²) >= 11 is 0. The van der Waals surface area contributed by atoms with Gasteiger partial charge in [-0.25, -0.2) is 8.42 Å². The molecule has 6 heteroatoms. The molecule has 0 fully saturated rings. The summed E-state index contributed by atoms with van der Waals surface area (Å²) in [6, 6.07) is 0. The summed E-state index contributed by atoms with van der Waals surface area (Å²) in [6.07, 6.45) is 19.1. The van der Waals surface area contributed by atoms with Crippen LogP contribution in [0, 0.1) is 0 Å². The Hall–Kier alpha value is 0.870. The van der Waals surface area contributed by atoms with Gasteiger partial charge in [-0.3, -0.25) is 0 Å². The minimum absolute atomic E-state index is 0. The van der Waals surface area contributed by atoms with Gasteiger partial charge in [0.2, 0.25) is 0 Å². The Bertz CT molecular complexity index is 374. The molecule has 0 amide bonds. The third kappa shape index (κ3) is 24.9. The number of hydrogen-bond acceptors (Lipinski definition) is 4. The maximum absolute atomic E-state index is 10.5. The van der Waals surface area contributed by atoms with Crippen molar-refractivity contribution >= 4 is 10.1 Å². The van der Waals surface area contributed by atoms with E-state index in [4.69, 9.17) is 0 Å². The molecule has 4 nitrogen and oxygen atoms in total. The molecule has 26 heavy (non-hydrogen) atoms. The first kappa shape index (κ1) is 29.1. The van der Waals surface area contributed by atoms with E-state index in [2.05, 4.69) is 6.92 Å². The molecule has 1 N–H and O–H groups in total. The van der Waals surface area contributed by atoms with Crippen molar-refractivity contribution in [2.75, 3.05) is 5.75 Å². The molecule has 0 saturated carbocycles. The van der Waals surface area contributed by atoms with Gasteiger partial charge in [0.05, 0.1) is 16.2 Å². The smallest absolute Gasteiger partial charge is 0.748 e. The molecule has 0 aliphatic rings. The van der Waals surface area contributed by atoms with Crippen molar-refractivity contribution in [3.05, 3.63) is 0 Å². The summed E-state index contributed by atoms with van der Waals surface area (Å²) in [5.41, 5.74) is 0. The average Bonchev–Trinajstić information content (AvgIpc) is 2.54. The van der Waals surface area contributed by atoms with Gasteiger partial charge >= 0.3 is 29.6 Å². The van der Waals surface area contributed by atoms with E-state index in [1.807, 2.05) is 0 Å². The number of aliphatic hydroxyl groups is 1. The van der Waals surface area contributed by atoms with Crippen molar-refractivity contribution < 1.29 is 47.6 Å². The minimum atomic E-state index is -4.01. The molecule has 0 aromatic heterocycles. The standard InChI is InChI=1S/C20H42O4S.Na/c1-2-3-14-17-20(21)18-15-12-10-8-6-4-5-7-9-11-13-16-19-25(22,23)24;/h20-21H,2-19H2,1H3,(H,22,23,24);/q;+1/p-1. The van der Waals surface area contributed by atoms with Crippen molar-refractivity contribution in [3.63, 3.8) is 0 Å². The SMILES string of the molecule is CCCCCC(O)CCCCCCCCCCCCCCS(=O)(=O)[O-].[Na+]. The Balaban J connectivity index is 0. The van der Waals surface area contributed by atoms with Gasteiger partial charge in [-0.1, -0.05) is 96.8 Å². The first-order chi connectivity index (χ1) is 12.0. The van der Waals surface area contributed by atoms with E-state index in [1.165, 1.54) is 57.8 Å². The molecule has 0 aromatic rings. The topological polar surface area (TPSA) is 77.4 Å². The molecular weight excluding hydrogens is 359 g/mol. The van der Waals surface area contributed by atoms with Crippen LogP contribution in [0.4, 0.5) is 0 Å². The quantitative estimate of drug-likeness (QED) is 0.205. The molecule has 0 bridgehead atoms. The molecule has 0 aromatic carbocycles. The van der Waals surface area contributed by atoms with Gasteiger partial charge in [0.1, 0.15) is 0 Å². The molecule has 0 aliphatic heterocycles. The van der Waals surface area contributed by atoms with Crippen LogP contribution in [0.5, 0.6) is 0 Å². The molecule has 0 radical (unpaired) electrons. The molecule has 0 saturated heterocycles. The predicted molar refractivity (Wildman–Crippen MR) is 105 cm³/mol. The van der Waals surface area contributed by atoms with E-state index in [0.717, 1.165) is 44.9 Å². The summed E-state index contributed by atoms with van der Waals surface area (Å²) < 4.78 is 31.4. The van der Waals surface area contributed by atoms with Crippen molar-refractivity contribution in [2.45, 2.75) is 122 Å². The maximum atomic E-state index is 10.5. The number of rotatable bonds is 19. The van der Waals surface area contributed by atoms with E-state index >= 15 is 0 Å². The Morgan fingerprint density at radius 1 is 0.692 bits per heavy atom. The number of unbranched alkanes of at least 4 members (excludes halogenated alkanes) is 13. The van der Waals surface area contributed by atoms with Gasteiger partial charge in [-0.15, -0.1) is 0 Å². The second kappa shape index (κ2) is 20.6.